The number of carbonyl (C=O) groups excluding carboxylic acids is 5. The van der Waals surface area contributed by atoms with Crippen LogP contribution in [0.5, 0.6) is 5.75 Å². The molecule has 53 heavy (non-hydrogen) atoms. The van der Waals surface area contributed by atoms with Crippen LogP contribution in [0.25, 0.3) is 5.65 Å². The Balaban J connectivity index is 1.01. The number of pyridine rings is 2. The van der Waals surface area contributed by atoms with E-state index >= 15 is 0 Å². The summed E-state index contributed by atoms with van der Waals surface area (Å²) in [4.78, 5) is 75.7. The largest absolute Gasteiger partial charge is 0.490 e. The smallest absolute Gasteiger partial charge is 0.261 e. The third-order valence-electron chi connectivity index (χ3n) is 10.2. The van der Waals surface area contributed by atoms with Crippen molar-refractivity contribution in [2.75, 3.05) is 38.1 Å². The standard InChI is InChI=1S/C39H48N8O6/c1-25(2)53-33-20-35-43-32(23-47(35)22-31(33)39(52)42-29(24-48)5-4-14-40-3)27-12-17-46(18-13-27)37(50)19-26-10-15-45(16-11-26)34-8-6-28(21-41-34)30-7-9-36(49)44-38(30)51/h4-6,8,14,20-27,30,40H,7,9-13,15-19H2,1-3H3,(H,42,52)(H,44,49,51)/b14-4-,29-5+. The van der Waals surface area contributed by atoms with Crippen molar-refractivity contribution < 1.29 is 28.7 Å². The van der Waals surface area contributed by atoms with Gasteiger partial charge in [-0.1, -0.05) is 6.07 Å². The number of aldehydes is 1. The van der Waals surface area contributed by atoms with E-state index in [0.29, 0.717) is 56.0 Å². The average Bonchev–Trinajstić information content (AvgIpc) is 3.57. The fourth-order valence-electron chi connectivity index (χ4n) is 7.28. The number of hydrogen-bond donors (Lipinski definition) is 3. The Morgan fingerprint density at radius 1 is 1.06 bits per heavy atom. The van der Waals surface area contributed by atoms with Crippen LogP contribution in [0.2, 0.25) is 0 Å². The molecule has 280 valence electrons. The quantitative estimate of drug-likeness (QED) is 0.109. The number of aromatic nitrogens is 3. The van der Waals surface area contributed by atoms with Crippen molar-refractivity contribution in [1.29, 1.82) is 0 Å². The van der Waals surface area contributed by atoms with Gasteiger partial charge < -0.3 is 29.6 Å². The van der Waals surface area contributed by atoms with Gasteiger partial charge in [-0.3, -0.25) is 29.3 Å². The number of nitrogens with zero attached hydrogens (tertiary/aromatic N) is 5. The minimum absolute atomic E-state index is 0.114. The number of imidazole rings is 1. The maximum Gasteiger partial charge on any atom is 0.261 e. The second-order valence-electron chi connectivity index (χ2n) is 14.2. The number of amides is 4. The summed E-state index contributed by atoms with van der Waals surface area (Å²) >= 11 is 0. The predicted molar refractivity (Wildman–Crippen MR) is 198 cm³/mol. The van der Waals surface area contributed by atoms with Gasteiger partial charge in [-0.25, -0.2) is 9.97 Å². The first kappa shape index (κ1) is 37.2. The van der Waals surface area contributed by atoms with E-state index in [-0.39, 0.29) is 46.9 Å². The van der Waals surface area contributed by atoms with Crippen LogP contribution < -0.4 is 25.6 Å². The molecule has 14 heteroatoms. The van der Waals surface area contributed by atoms with Crippen LogP contribution in [0.3, 0.4) is 0 Å². The van der Waals surface area contributed by atoms with E-state index in [2.05, 4.69) is 25.8 Å². The van der Waals surface area contributed by atoms with Crippen LogP contribution in [-0.2, 0) is 19.2 Å². The van der Waals surface area contributed by atoms with Crippen LogP contribution in [0.1, 0.15) is 92.2 Å². The summed E-state index contributed by atoms with van der Waals surface area (Å²) < 4.78 is 7.80. The van der Waals surface area contributed by atoms with Gasteiger partial charge in [0.2, 0.25) is 17.7 Å². The highest BCUT2D eigenvalue weighted by Gasteiger charge is 2.31. The molecular formula is C39H48N8O6. The average molecular weight is 725 g/mol. The number of piperidine rings is 3. The lowest BCUT2D eigenvalue weighted by molar-refractivity contribution is -0.135. The highest BCUT2D eigenvalue weighted by atomic mass is 16.5. The zero-order valence-corrected chi connectivity index (χ0v) is 30.5. The van der Waals surface area contributed by atoms with Crippen molar-refractivity contribution in [2.45, 2.75) is 76.7 Å². The molecule has 0 aromatic carbocycles. The van der Waals surface area contributed by atoms with Gasteiger partial charge in [-0.2, -0.15) is 0 Å². The Bertz CT molecular complexity index is 1880. The predicted octanol–water partition coefficient (Wildman–Crippen LogP) is 3.60. The van der Waals surface area contributed by atoms with Crippen molar-refractivity contribution in [3.8, 4) is 5.75 Å². The lowest BCUT2D eigenvalue weighted by Crippen LogP contribution is -2.41. The Morgan fingerprint density at radius 3 is 2.49 bits per heavy atom. The molecule has 0 saturated carbocycles. The highest BCUT2D eigenvalue weighted by Crippen LogP contribution is 2.32. The fourth-order valence-corrected chi connectivity index (χ4v) is 7.28. The molecule has 3 fully saturated rings. The minimum atomic E-state index is -0.469. The van der Waals surface area contributed by atoms with Gasteiger partial charge in [0, 0.05) is 76.6 Å². The molecule has 3 aliphatic rings. The summed E-state index contributed by atoms with van der Waals surface area (Å²) in [7, 11) is 1.73. The monoisotopic (exact) mass is 724 g/mol. The number of rotatable bonds is 12. The Labute approximate surface area is 309 Å². The number of ether oxygens (including phenoxy) is 1. The van der Waals surface area contributed by atoms with Crippen molar-refractivity contribution in [2.24, 2.45) is 5.92 Å². The zero-order valence-electron chi connectivity index (χ0n) is 30.5. The van der Waals surface area contributed by atoms with Crippen molar-refractivity contribution in [3.05, 3.63) is 77.7 Å². The first-order chi connectivity index (χ1) is 25.6. The lowest BCUT2D eigenvalue weighted by Gasteiger charge is -2.35. The third kappa shape index (κ3) is 9.10. The fraction of sp³-hybridized carbons (Fsp3) is 0.462. The summed E-state index contributed by atoms with van der Waals surface area (Å²) in [5.74, 6) is 0.618. The molecule has 6 rings (SSSR count). The molecule has 3 aliphatic heterocycles. The minimum Gasteiger partial charge on any atom is -0.490 e. The Hall–Kier alpha value is -5.53. The summed E-state index contributed by atoms with van der Waals surface area (Å²) in [6.07, 6.45) is 15.3. The Morgan fingerprint density at radius 2 is 1.83 bits per heavy atom. The zero-order chi connectivity index (χ0) is 37.5. The van der Waals surface area contributed by atoms with Gasteiger partial charge >= 0.3 is 0 Å². The first-order valence-corrected chi connectivity index (χ1v) is 18.4. The SMILES string of the molecule is CN/C=C\C=C(/C=O)NC(=O)c1cn2cc(C3CCN(C(=O)CC4CCN(c5ccc(C6CCC(=O)NC6=O)cn5)CC4)CC3)nc2cc1OC(C)C. The van der Waals surface area contributed by atoms with Gasteiger partial charge in [0.15, 0.2) is 6.29 Å². The number of carbonyl (C=O) groups is 5. The number of nitrogens with one attached hydrogen (secondary N) is 3. The molecule has 1 atom stereocenters. The molecule has 3 saturated heterocycles. The van der Waals surface area contributed by atoms with Crippen LogP contribution >= 0.6 is 0 Å². The topological polar surface area (TPSA) is 167 Å². The Kier molecular flexibility index (Phi) is 11.9. The number of imide groups is 1. The van der Waals surface area contributed by atoms with Crippen LogP contribution in [0.15, 0.2) is 60.8 Å². The van der Waals surface area contributed by atoms with Crippen LogP contribution in [0.4, 0.5) is 5.82 Å². The van der Waals surface area contributed by atoms with Gasteiger partial charge in [0.05, 0.1) is 29.0 Å². The van der Waals surface area contributed by atoms with E-state index in [1.54, 1.807) is 37.8 Å². The van der Waals surface area contributed by atoms with Crippen molar-refractivity contribution >= 4 is 41.4 Å². The maximum absolute atomic E-state index is 13.4. The van der Waals surface area contributed by atoms with E-state index < -0.39 is 5.91 Å². The molecule has 0 radical (unpaired) electrons. The molecule has 3 N–H and O–H groups in total. The summed E-state index contributed by atoms with van der Waals surface area (Å²) in [5.41, 5.74) is 2.78. The van der Waals surface area contributed by atoms with Crippen molar-refractivity contribution in [3.63, 3.8) is 0 Å². The molecule has 1 unspecified atom stereocenters. The summed E-state index contributed by atoms with van der Waals surface area (Å²) in [6, 6.07) is 5.62. The summed E-state index contributed by atoms with van der Waals surface area (Å²) in [5, 5.41) is 7.90. The molecule has 4 amide bonds. The van der Waals surface area contributed by atoms with E-state index in [4.69, 9.17) is 9.72 Å². The van der Waals surface area contributed by atoms with E-state index in [0.717, 1.165) is 55.8 Å². The van der Waals surface area contributed by atoms with Crippen LogP contribution in [0, 0.1) is 5.92 Å². The normalized spacial score (nSPS) is 19.2. The van der Waals surface area contributed by atoms with Gasteiger partial charge in [0.25, 0.3) is 5.91 Å². The van der Waals surface area contributed by atoms with Crippen molar-refractivity contribution in [1.82, 2.24) is 35.2 Å². The van der Waals surface area contributed by atoms with Crippen LogP contribution in [-0.4, -0.2) is 88.5 Å². The first-order valence-electron chi connectivity index (χ1n) is 18.4. The number of likely N-dealkylation sites (tertiary alicyclic amines) is 1. The van der Waals surface area contributed by atoms with Gasteiger partial charge in [0.1, 0.15) is 17.2 Å². The van der Waals surface area contributed by atoms with E-state index in [1.807, 2.05) is 41.5 Å². The molecule has 0 bridgehead atoms. The van der Waals surface area contributed by atoms with E-state index in [9.17, 15) is 24.0 Å². The molecule has 3 aromatic heterocycles. The molecule has 3 aromatic rings. The molecule has 0 aliphatic carbocycles. The second kappa shape index (κ2) is 16.9. The number of fused-ring (bicyclic) bond motifs is 1. The summed E-state index contributed by atoms with van der Waals surface area (Å²) in [6.45, 7) is 6.72. The second-order valence-corrected chi connectivity index (χ2v) is 14.2. The molecule has 0 spiro atoms. The molecule has 6 heterocycles. The van der Waals surface area contributed by atoms with Gasteiger partial charge in [-0.05, 0) is 81.9 Å². The maximum atomic E-state index is 13.4. The molecular weight excluding hydrogens is 676 g/mol. The number of anilines is 1. The van der Waals surface area contributed by atoms with Gasteiger partial charge in [-0.15, -0.1) is 0 Å². The molecule has 14 nitrogen and oxygen atoms in total. The van der Waals surface area contributed by atoms with E-state index in [1.165, 1.54) is 6.08 Å². The number of hydrogen-bond acceptors (Lipinski definition) is 10. The highest BCUT2D eigenvalue weighted by molar-refractivity contribution is 6.01. The number of allylic oxidation sites excluding steroid dienone is 3. The third-order valence-corrected chi connectivity index (χ3v) is 10.2. The lowest BCUT2D eigenvalue weighted by atomic mass is 9.90.